The van der Waals surface area contributed by atoms with Crippen LogP contribution in [-0.4, -0.2) is 19.1 Å². The normalized spacial score (nSPS) is 11.6. The molecule has 3 aromatic heterocycles. The van der Waals surface area contributed by atoms with E-state index in [0.29, 0.717) is 11.5 Å². The standard InChI is InChI=1S/C61H35F3N6/c62-61(63,64)51-32-39(37-66)23-27-44(51)49-31-38(36-65)24-28-58(49)70-56-22-12-9-19-47(56)50-33-42(25-29-59(50)70)48-34-43(26-30-57(48)69-54-20-10-7-17-45(54)46-18-8-11-21-55(46)69)60-67-52(40-13-3-1-4-14-40)35-53(68-60)41-15-5-2-6-16-41/h1-35H. The molecule has 0 aliphatic rings. The number of nitrogens with zero attached hydrogens (tertiary/aromatic N) is 6. The summed E-state index contributed by atoms with van der Waals surface area (Å²) < 4.78 is 48.9. The van der Waals surface area contributed by atoms with Gasteiger partial charge in [-0.3, -0.25) is 0 Å². The van der Waals surface area contributed by atoms with Gasteiger partial charge in [0.2, 0.25) is 0 Å². The number of para-hydroxylation sites is 3. The maximum atomic E-state index is 14.9. The molecule has 0 atom stereocenters. The molecule has 0 aliphatic carbocycles. The maximum absolute atomic E-state index is 14.9. The molecule has 0 spiro atoms. The minimum atomic E-state index is -4.78. The summed E-state index contributed by atoms with van der Waals surface area (Å²) >= 11 is 0. The van der Waals surface area contributed by atoms with Crippen LogP contribution in [0, 0.1) is 22.7 Å². The van der Waals surface area contributed by atoms with Crippen molar-refractivity contribution in [1.29, 1.82) is 10.5 Å². The predicted molar refractivity (Wildman–Crippen MR) is 272 cm³/mol. The van der Waals surface area contributed by atoms with Crippen molar-refractivity contribution in [1.82, 2.24) is 19.1 Å². The third-order valence-corrected chi connectivity index (χ3v) is 13.0. The highest BCUT2D eigenvalue weighted by Crippen LogP contribution is 2.45. The van der Waals surface area contributed by atoms with E-state index in [4.69, 9.17) is 9.97 Å². The van der Waals surface area contributed by atoms with Gasteiger partial charge >= 0.3 is 6.18 Å². The highest BCUT2D eigenvalue weighted by Gasteiger charge is 2.35. The van der Waals surface area contributed by atoms with Gasteiger partial charge in [0.05, 0.1) is 73.7 Å². The topological polar surface area (TPSA) is 83.2 Å². The van der Waals surface area contributed by atoms with E-state index in [0.717, 1.165) is 94.6 Å². The molecule has 9 aromatic carbocycles. The first-order valence-electron chi connectivity index (χ1n) is 22.6. The van der Waals surface area contributed by atoms with Crippen LogP contribution in [0.4, 0.5) is 13.2 Å². The molecule has 12 rings (SSSR count). The van der Waals surface area contributed by atoms with E-state index >= 15 is 0 Å². The van der Waals surface area contributed by atoms with Gasteiger partial charge in [-0.15, -0.1) is 0 Å². The zero-order chi connectivity index (χ0) is 47.5. The average molecular weight is 909 g/mol. The van der Waals surface area contributed by atoms with E-state index < -0.39 is 11.7 Å². The number of alkyl halides is 3. The number of aromatic nitrogens is 4. The fraction of sp³-hybridized carbons (Fsp3) is 0.0164. The second-order valence-corrected chi connectivity index (χ2v) is 17.1. The van der Waals surface area contributed by atoms with Crippen LogP contribution in [0.15, 0.2) is 212 Å². The van der Waals surface area contributed by atoms with Gasteiger partial charge in [0.25, 0.3) is 0 Å². The van der Waals surface area contributed by atoms with E-state index in [1.165, 1.54) is 18.2 Å². The number of rotatable bonds is 7. The molecule has 70 heavy (non-hydrogen) atoms. The van der Waals surface area contributed by atoms with Crippen molar-refractivity contribution in [3.8, 4) is 79.7 Å². The van der Waals surface area contributed by atoms with Crippen molar-refractivity contribution in [2.75, 3.05) is 0 Å². The minimum absolute atomic E-state index is 0.116. The Kier molecular flexibility index (Phi) is 9.94. The lowest BCUT2D eigenvalue weighted by Crippen LogP contribution is -2.09. The van der Waals surface area contributed by atoms with Crippen LogP contribution >= 0.6 is 0 Å². The highest BCUT2D eigenvalue weighted by molar-refractivity contribution is 6.12. The van der Waals surface area contributed by atoms with Gasteiger partial charge < -0.3 is 9.13 Å². The average Bonchev–Trinajstić information content (AvgIpc) is 3.93. The first-order valence-corrected chi connectivity index (χ1v) is 22.6. The molecule has 6 nitrogen and oxygen atoms in total. The molecule has 0 fully saturated rings. The molecule has 0 saturated heterocycles. The van der Waals surface area contributed by atoms with Gasteiger partial charge in [0.15, 0.2) is 5.82 Å². The molecule has 0 N–H and O–H groups in total. The molecule has 12 aromatic rings. The Hall–Kier alpha value is -9.57. The summed E-state index contributed by atoms with van der Waals surface area (Å²) in [5.41, 5.74) is 10.3. The number of nitriles is 2. The van der Waals surface area contributed by atoms with Crippen molar-refractivity contribution in [3.63, 3.8) is 0 Å². The Morgan fingerprint density at radius 3 is 1.41 bits per heavy atom. The summed E-state index contributed by atoms with van der Waals surface area (Å²) in [6.07, 6.45) is -4.78. The Labute approximate surface area is 399 Å². The quantitative estimate of drug-likeness (QED) is 0.159. The lowest BCUT2D eigenvalue weighted by atomic mass is 9.94. The van der Waals surface area contributed by atoms with Crippen LogP contribution in [0.5, 0.6) is 0 Å². The third-order valence-electron chi connectivity index (χ3n) is 13.0. The fourth-order valence-corrected chi connectivity index (χ4v) is 9.87. The predicted octanol–water partition coefficient (Wildman–Crippen LogP) is 15.8. The van der Waals surface area contributed by atoms with Gasteiger partial charge in [0, 0.05) is 49.4 Å². The summed E-state index contributed by atoms with van der Waals surface area (Å²) in [6.45, 7) is 0. The lowest BCUT2D eigenvalue weighted by Gasteiger charge is -2.19. The molecule has 0 saturated carbocycles. The van der Waals surface area contributed by atoms with Crippen molar-refractivity contribution in [2.24, 2.45) is 0 Å². The Morgan fingerprint density at radius 2 is 0.843 bits per heavy atom. The van der Waals surface area contributed by atoms with Gasteiger partial charge in [0.1, 0.15) is 0 Å². The van der Waals surface area contributed by atoms with Crippen LogP contribution in [0.25, 0.3) is 111 Å². The van der Waals surface area contributed by atoms with Crippen molar-refractivity contribution in [2.45, 2.75) is 6.18 Å². The lowest BCUT2D eigenvalue weighted by molar-refractivity contribution is -0.137. The van der Waals surface area contributed by atoms with E-state index in [1.807, 2.05) is 120 Å². The molecule has 9 heteroatoms. The maximum Gasteiger partial charge on any atom is 0.417 e. The SMILES string of the molecule is N#Cc1ccc(-n2c3ccccc3c3cc(-c4cc(-c5nc(-c6ccccc6)cc(-c6ccccc6)n5)ccc4-n4c5ccccc5c5ccccc54)ccc32)c(-c2ccc(C#N)cc2C(F)(F)F)c1. The van der Waals surface area contributed by atoms with Crippen LogP contribution < -0.4 is 0 Å². The zero-order valence-electron chi connectivity index (χ0n) is 37.0. The van der Waals surface area contributed by atoms with E-state index in [9.17, 15) is 23.7 Å². The molecule has 0 unspecified atom stereocenters. The number of hydrogen-bond acceptors (Lipinski definition) is 4. The largest absolute Gasteiger partial charge is 0.417 e. The second-order valence-electron chi connectivity index (χ2n) is 17.1. The smallest absolute Gasteiger partial charge is 0.309 e. The first kappa shape index (κ1) is 41.8. The van der Waals surface area contributed by atoms with Crippen molar-refractivity contribution in [3.05, 3.63) is 229 Å². The van der Waals surface area contributed by atoms with Crippen LogP contribution in [0.3, 0.4) is 0 Å². The summed E-state index contributed by atoms with van der Waals surface area (Å²) in [5.74, 6) is 0.558. The number of hydrogen-bond donors (Lipinski definition) is 0. The fourth-order valence-electron chi connectivity index (χ4n) is 9.87. The van der Waals surface area contributed by atoms with Crippen LogP contribution in [0.2, 0.25) is 0 Å². The molecular weight excluding hydrogens is 874 g/mol. The molecule has 0 bridgehead atoms. The summed E-state index contributed by atoms with van der Waals surface area (Å²) in [6, 6.07) is 71.7. The summed E-state index contributed by atoms with van der Waals surface area (Å²) in [4.78, 5) is 10.4. The summed E-state index contributed by atoms with van der Waals surface area (Å²) in [7, 11) is 0. The van der Waals surface area contributed by atoms with Gasteiger partial charge in [-0.2, -0.15) is 23.7 Å². The van der Waals surface area contributed by atoms with E-state index in [2.05, 4.69) is 77.4 Å². The third kappa shape index (κ3) is 7.04. The molecule has 0 aliphatic heterocycles. The zero-order valence-corrected chi connectivity index (χ0v) is 37.0. The molecule has 3 heterocycles. The van der Waals surface area contributed by atoms with Crippen molar-refractivity contribution < 1.29 is 13.2 Å². The first-order chi connectivity index (χ1) is 34.2. The number of fused-ring (bicyclic) bond motifs is 6. The Bertz CT molecular complexity index is 4030. The minimum Gasteiger partial charge on any atom is -0.309 e. The molecule has 330 valence electrons. The van der Waals surface area contributed by atoms with Crippen LogP contribution in [-0.2, 0) is 6.18 Å². The number of benzene rings is 9. The van der Waals surface area contributed by atoms with Gasteiger partial charge in [-0.25, -0.2) is 9.97 Å². The van der Waals surface area contributed by atoms with Gasteiger partial charge in [-0.1, -0.05) is 127 Å². The Morgan fingerprint density at radius 1 is 0.371 bits per heavy atom. The van der Waals surface area contributed by atoms with Crippen molar-refractivity contribution >= 4 is 43.6 Å². The second kappa shape index (κ2) is 16.6. The summed E-state index contributed by atoms with van der Waals surface area (Å²) in [5, 5.41) is 23.6. The molecular formula is C61H35F3N6. The molecule has 0 radical (unpaired) electrons. The van der Waals surface area contributed by atoms with E-state index in [1.54, 1.807) is 12.1 Å². The number of halogens is 3. The van der Waals surface area contributed by atoms with Crippen LogP contribution in [0.1, 0.15) is 16.7 Å². The van der Waals surface area contributed by atoms with E-state index in [-0.39, 0.29) is 22.3 Å². The monoisotopic (exact) mass is 908 g/mol. The van der Waals surface area contributed by atoms with Gasteiger partial charge in [-0.05, 0) is 96.1 Å². The highest BCUT2D eigenvalue weighted by atomic mass is 19.4. The Balaban J connectivity index is 1.12. The molecule has 0 amide bonds.